The third-order valence-corrected chi connectivity index (χ3v) is 5.20. The molecule has 0 unspecified atom stereocenters. The van der Waals surface area contributed by atoms with Gasteiger partial charge >= 0.3 is 0 Å². The normalized spacial score (nSPS) is 10.9. The van der Waals surface area contributed by atoms with Crippen LogP contribution >= 0.6 is 11.8 Å². The Bertz CT molecular complexity index is 1010. The van der Waals surface area contributed by atoms with Crippen LogP contribution in [-0.4, -0.2) is 21.2 Å². The molecular weight excluding hydrogens is 358 g/mol. The number of anilines is 1. The molecule has 0 saturated carbocycles. The minimum Gasteiger partial charge on any atom is -0.325 e. The molecule has 0 spiro atoms. The van der Waals surface area contributed by atoms with Gasteiger partial charge in [-0.1, -0.05) is 49.9 Å². The number of nitrogens with one attached hydrogen (secondary N) is 1. The van der Waals surface area contributed by atoms with E-state index in [1.807, 2.05) is 49.4 Å². The van der Waals surface area contributed by atoms with Gasteiger partial charge < -0.3 is 5.32 Å². The topological polar surface area (TPSA) is 64.0 Å². The van der Waals surface area contributed by atoms with Gasteiger partial charge in [0.25, 0.3) is 5.56 Å². The Balaban J connectivity index is 1.78. The minimum absolute atomic E-state index is 0.0546. The fourth-order valence-electron chi connectivity index (χ4n) is 2.87. The average molecular weight is 382 g/mol. The van der Waals surface area contributed by atoms with Crippen molar-refractivity contribution < 1.29 is 4.79 Å². The van der Waals surface area contributed by atoms with Gasteiger partial charge in [-0.3, -0.25) is 14.2 Å². The maximum Gasteiger partial charge on any atom is 0.262 e. The lowest BCUT2D eigenvalue weighted by Gasteiger charge is -2.12. The molecule has 0 atom stereocenters. The first-order valence-corrected chi connectivity index (χ1v) is 10.1. The van der Waals surface area contributed by atoms with E-state index >= 15 is 0 Å². The molecule has 5 nitrogen and oxygen atoms in total. The second-order valence-electron chi connectivity index (χ2n) is 6.26. The molecule has 27 heavy (non-hydrogen) atoms. The molecule has 0 fully saturated rings. The molecule has 0 saturated heterocycles. The molecule has 6 heteroatoms. The zero-order valence-corrected chi connectivity index (χ0v) is 16.4. The van der Waals surface area contributed by atoms with Crippen LogP contribution in [0.5, 0.6) is 0 Å². The highest BCUT2D eigenvalue weighted by Crippen LogP contribution is 2.19. The lowest BCUT2D eigenvalue weighted by atomic mass is 10.1. The van der Waals surface area contributed by atoms with Crippen molar-refractivity contribution in [1.82, 2.24) is 9.55 Å². The van der Waals surface area contributed by atoms with E-state index in [2.05, 4.69) is 17.2 Å². The maximum absolute atomic E-state index is 12.8. The third kappa shape index (κ3) is 4.57. The predicted octanol–water partition coefficient (Wildman–Crippen LogP) is 4.10. The molecule has 0 aliphatic heterocycles. The van der Waals surface area contributed by atoms with Crippen LogP contribution in [0.2, 0.25) is 0 Å². The first-order chi connectivity index (χ1) is 13.1. The minimum atomic E-state index is -0.112. The molecular formula is C21H23N3O2S. The first-order valence-electron chi connectivity index (χ1n) is 9.13. The Kier molecular flexibility index (Phi) is 6.29. The summed E-state index contributed by atoms with van der Waals surface area (Å²) in [5.74, 6) is 0.0869. The molecule has 0 aliphatic carbocycles. The second kappa shape index (κ2) is 8.86. The highest BCUT2D eigenvalue weighted by molar-refractivity contribution is 7.99. The zero-order chi connectivity index (χ0) is 19.2. The molecule has 1 N–H and O–H groups in total. The van der Waals surface area contributed by atoms with E-state index in [9.17, 15) is 9.59 Å². The van der Waals surface area contributed by atoms with Gasteiger partial charge in [0.2, 0.25) is 5.91 Å². The number of aromatic nitrogens is 2. The van der Waals surface area contributed by atoms with E-state index in [1.165, 1.54) is 17.3 Å². The van der Waals surface area contributed by atoms with E-state index in [-0.39, 0.29) is 17.2 Å². The molecule has 2 aromatic carbocycles. The number of amides is 1. The van der Waals surface area contributed by atoms with Crippen LogP contribution in [0.4, 0.5) is 5.69 Å². The Hall–Kier alpha value is -2.60. The summed E-state index contributed by atoms with van der Waals surface area (Å²) in [5.41, 5.74) is 2.57. The van der Waals surface area contributed by atoms with Crippen molar-refractivity contribution in [2.24, 2.45) is 0 Å². The number of hydrogen-bond acceptors (Lipinski definition) is 4. The number of rotatable bonds is 7. The molecule has 140 valence electrons. The maximum atomic E-state index is 12.8. The number of para-hydroxylation sites is 1. The van der Waals surface area contributed by atoms with Crippen molar-refractivity contribution in [2.45, 2.75) is 38.4 Å². The summed E-state index contributed by atoms with van der Waals surface area (Å²) in [6.45, 7) is 4.68. The van der Waals surface area contributed by atoms with E-state index in [4.69, 9.17) is 0 Å². The number of aryl methyl sites for hydroxylation is 1. The quantitative estimate of drug-likeness (QED) is 0.494. The van der Waals surface area contributed by atoms with Crippen LogP contribution in [0.3, 0.4) is 0 Å². The van der Waals surface area contributed by atoms with Crippen molar-refractivity contribution in [2.75, 3.05) is 11.1 Å². The van der Waals surface area contributed by atoms with Crippen LogP contribution in [0.1, 0.15) is 25.8 Å². The van der Waals surface area contributed by atoms with Crippen LogP contribution in [0, 0.1) is 0 Å². The standard InChI is InChI=1S/C21H23N3O2S/c1-3-12-24-20(26)17-10-5-6-11-18(17)23-21(24)27-14-19(25)22-16-9-7-8-15(4-2)13-16/h5-11,13H,3-4,12,14H2,1-2H3,(H,22,25). The third-order valence-electron chi connectivity index (χ3n) is 4.23. The van der Waals surface area contributed by atoms with Gasteiger partial charge in [0.1, 0.15) is 0 Å². The highest BCUT2D eigenvalue weighted by Gasteiger charge is 2.13. The van der Waals surface area contributed by atoms with Gasteiger partial charge in [0.05, 0.1) is 16.7 Å². The highest BCUT2D eigenvalue weighted by atomic mass is 32.2. The number of carbonyl (C=O) groups excluding carboxylic acids is 1. The van der Waals surface area contributed by atoms with Crippen molar-refractivity contribution >= 4 is 34.3 Å². The average Bonchev–Trinajstić information content (AvgIpc) is 2.69. The van der Waals surface area contributed by atoms with Gasteiger partial charge in [0, 0.05) is 12.2 Å². The summed E-state index contributed by atoms with van der Waals surface area (Å²) in [7, 11) is 0. The number of thioether (sulfide) groups is 1. The Morgan fingerprint density at radius 3 is 2.74 bits per heavy atom. The molecule has 0 bridgehead atoms. The molecule has 0 radical (unpaired) electrons. The van der Waals surface area contributed by atoms with Crippen molar-refractivity contribution in [3.05, 3.63) is 64.4 Å². The van der Waals surface area contributed by atoms with E-state index < -0.39 is 0 Å². The van der Waals surface area contributed by atoms with Gasteiger partial charge in [-0.15, -0.1) is 0 Å². The van der Waals surface area contributed by atoms with E-state index in [0.29, 0.717) is 22.6 Å². The molecule has 1 heterocycles. The summed E-state index contributed by atoms with van der Waals surface area (Å²) >= 11 is 1.29. The van der Waals surface area contributed by atoms with Crippen molar-refractivity contribution in [3.63, 3.8) is 0 Å². The molecule has 3 aromatic rings. The molecule has 3 rings (SSSR count). The molecule has 1 amide bonds. The second-order valence-corrected chi connectivity index (χ2v) is 7.20. The van der Waals surface area contributed by atoms with Crippen LogP contribution < -0.4 is 10.9 Å². The van der Waals surface area contributed by atoms with Gasteiger partial charge in [-0.2, -0.15) is 0 Å². The Morgan fingerprint density at radius 2 is 1.96 bits per heavy atom. The number of fused-ring (bicyclic) bond motifs is 1. The summed E-state index contributed by atoms with van der Waals surface area (Å²) in [4.78, 5) is 29.7. The Morgan fingerprint density at radius 1 is 1.15 bits per heavy atom. The molecule has 0 aliphatic rings. The number of nitrogens with zero attached hydrogens (tertiary/aromatic N) is 2. The first kappa shape index (κ1) is 19.2. The lowest BCUT2D eigenvalue weighted by molar-refractivity contribution is -0.113. The number of hydrogen-bond donors (Lipinski definition) is 1. The van der Waals surface area contributed by atoms with E-state index in [1.54, 1.807) is 10.6 Å². The van der Waals surface area contributed by atoms with E-state index in [0.717, 1.165) is 18.5 Å². The summed E-state index contributed by atoms with van der Waals surface area (Å²) < 4.78 is 1.66. The number of benzene rings is 2. The Labute approximate surface area is 162 Å². The summed E-state index contributed by atoms with van der Waals surface area (Å²) in [6.07, 6.45) is 1.74. The molecule has 1 aromatic heterocycles. The number of carbonyl (C=O) groups is 1. The fourth-order valence-corrected chi connectivity index (χ4v) is 3.70. The van der Waals surface area contributed by atoms with Gasteiger partial charge in [-0.05, 0) is 42.7 Å². The zero-order valence-electron chi connectivity index (χ0n) is 15.6. The fraction of sp³-hybridized carbons (Fsp3) is 0.286. The summed E-state index contributed by atoms with van der Waals surface area (Å²) in [6, 6.07) is 15.1. The van der Waals surface area contributed by atoms with Crippen molar-refractivity contribution in [1.29, 1.82) is 0 Å². The SMILES string of the molecule is CCCn1c(SCC(=O)Nc2cccc(CC)c2)nc2ccccc2c1=O. The van der Waals surface area contributed by atoms with Gasteiger partial charge in [-0.25, -0.2) is 4.98 Å². The largest absolute Gasteiger partial charge is 0.325 e. The smallest absolute Gasteiger partial charge is 0.262 e. The van der Waals surface area contributed by atoms with Crippen molar-refractivity contribution in [3.8, 4) is 0 Å². The monoisotopic (exact) mass is 381 g/mol. The van der Waals surface area contributed by atoms with Crippen LogP contribution in [0.25, 0.3) is 10.9 Å². The van der Waals surface area contributed by atoms with Crippen LogP contribution in [-0.2, 0) is 17.8 Å². The van der Waals surface area contributed by atoms with Crippen LogP contribution in [0.15, 0.2) is 58.5 Å². The van der Waals surface area contributed by atoms with Gasteiger partial charge in [0.15, 0.2) is 5.16 Å². The summed E-state index contributed by atoms with van der Waals surface area (Å²) in [5, 5.41) is 4.10. The lowest BCUT2D eigenvalue weighted by Crippen LogP contribution is -2.24. The predicted molar refractivity (Wildman–Crippen MR) is 111 cm³/mol.